The fourth-order valence-electron chi connectivity index (χ4n) is 4.20. The summed E-state index contributed by atoms with van der Waals surface area (Å²) < 4.78 is 0. The molecule has 2 aliphatic carbocycles. The SMILES string of the molecule is N#Cc1cncc(-c2cc3c(cn2)CCc2c-3[nH]c(C(N)C3CC3)c2C(=O)O)c1. The van der Waals surface area contributed by atoms with Crippen LogP contribution in [0.5, 0.6) is 0 Å². The van der Waals surface area contributed by atoms with Gasteiger partial charge < -0.3 is 15.8 Å². The number of hydrogen-bond donors (Lipinski definition) is 3. The summed E-state index contributed by atoms with van der Waals surface area (Å²) in [6.45, 7) is 0. The van der Waals surface area contributed by atoms with Crippen molar-refractivity contribution in [3.63, 3.8) is 0 Å². The van der Waals surface area contributed by atoms with E-state index in [4.69, 9.17) is 11.0 Å². The Balaban J connectivity index is 1.66. The molecule has 3 aromatic heterocycles. The van der Waals surface area contributed by atoms with E-state index in [0.29, 0.717) is 34.9 Å². The number of aromatic nitrogens is 3. The van der Waals surface area contributed by atoms with Gasteiger partial charge in [0.05, 0.1) is 22.5 Å². The summed E-state index contributed by atoms with van der Waals surface area (Å²) in [5.74, 6) is -0.585. The van der Waals surface area contributed by atoms with Crippen LogP contribution in [-0.2, 0) is 12.8 Å². The fraction of sp³-hybridized carbons (Fsp3) is 0.273. The average Bonchev–Trinajstić information content (AvgIpc) is 3.51. The fourth-order valence-corrected chi connectivity index (χ4v) is 4.20. The Kier molecular flexibility index (Phi) is 3.96. The van der Waals surface area contributed by atoms with Gasteiger partial charge in [-0.3, -0.25) is 9.97 Å². The van der Waals surface area contributed by atoms with Crippen LogP contribution in [0.4, 0.5) is 0 Å². The minimum absolute atomic E-state index is 0.284. The van der Waals surface area contributed by atoms with Crippen LogP contribution in [0.2, 0.25) is 0 Å². The molecule has 2 aliphatic rings. The minimum Gasteiger partial charge on any atom is -0.478 e. The number of pyridine rings is 2. The molecule has 1 atom stereocenters. The quantitative estimate of drug-likeness (QED) is 0.632. The van der Waals surface area contributed by atoms with Crippen molar-refractivity contribution in [2.75, 3.05) is 0 Å². The molecule has 29 heavy (non-hydrogen) atoms. The topological polar surface area (TPSA) is 129 Å². The van der Waals surface area contributed by atoms with Gasteiger partial charge in [-0.05, 0) is 54.9 Å². The monoisotopic (exact) mass is 385 g/mol. The van der Waals surface area contributed by atoms with Crippen LogP contribution in [-0.4, -0.2) is 26.0 Å². The molecule has 7 heteroatoms. The second-order valence-corrected chi connectivity index (χ2v) is 7.74. The number of aromatic amines is 1. The Bertz CT molecular complexity index is 1190. The summed E-state index contributed by atoms with van der Waals surface area (Å²) in [4.78, 5) is 24.1. The lowest BCUT2D eigenvalue weighted by Gasteiger charge is -2.17. The first-order chi connectivity index (χ1) is 14.1. The third-order valence-corrected chi connectivity index (χ3v) is 5.87. The molecular weight excluding hydrogens is 366 g/mol. The van der Waals surface area contributed by atoms with Crippen LogP contribution in [0, 0.1) is 17.2 Å². The second kappa shape index (κ2) is 6.54. The number of fused-ring (bicyclic) bond motifs is 3. The largest absolute Gasteiger partial charge is 0.478 e. The van der Waals surface area contributed by atoms with Crippen molar-refractivity contribution in [2.24, 2.45) is 11.7 Å². The van der Waals surface area contributed by atoms with E-state index in [9.17, 15) is 9.90 Å². The number of aryl methyl sites for hydroxylation is 1. The second-order valence-electron chi connectivity index (χ2n) is 7.74. The van der Waals surface area contributed by atoms with E-state index < -0.39 is 5.97 Å². The van der Waals surface area contributed by atoms with Gasteiger partial charge in [-0.2, -0.15) is 5.26 Å². The number of aromatic carboxylic acids is 1. The van der Waals surface area contributed by atoms with E-state index in [1.807, 2.05) is 12.3 Å². The van der Waals surface area contributed by atoms with Crippen molar-refractivity contribution in [2.45, 2.75) is 31.7 Å². The number of nitriles is 1. The highest BCUT2D eigenvalue weighted by atomic mass is 16.4. The number of nitrogens with zero attached hydrogens (tertiary/aromatic N) is 3. The van der Waals surface area contributed by atoms with Crippen LogP contribution in [0.1, 0.15) is 51.6 Å². The van der Waals surface area contributed by atoms with Crippen molar-refractivity contribution in [3.8, 4) is 28.6 Å². The van der Waals surface area contributed by atoms with Crippen molar-refractivity contribution in [1.29, 1.82) is 5.26 Å². The Morgan fingerprint density at radius 2 is 2.10 bits per heavy atom. The number of H-pyrrole nitrogens is 1. The van der Waals surface area contributed by atoms with Crippen molar-refractivity contribution in [1.82, 2.24) is 15.0 Å². The zero-order valence-electron chi connectivity index (χ0n) is 15.6. The molecule has 1 unspecified atom stereocenters. The summed E-state index contributed by atoms with van der Waals surface area (Å²) in [6.07, 6.45) is 8.45. The maximum Gasteiger partial charge on any atom is 0.337 e. The number of rotatable bonds is 4. The van der Waals surface area contributed by atoms with Gasteiger partial charge in [-0.25, -0.2) is 4.79 Å². The van der Waals surface area contributed by atoms with Gasteiger partial charge in [0, 0.05) is 41.5 Å². The van der Waals surface area contributed by atoms with Gasteiger partial charge in [-0.1, -0.05) is 0 Å². The maximum atomic E-state index is 12.0. The predicted octanol–water partition coefficient (Wildman–Crippen LogP) is 3.22. The molecule has 0 amide bonds. The lowest BCUT2D eigenvalue weighted by molar-refractivity contribution is 0.0694. The molecule has 0 spiro atoms. The summed E-state index contributed by atoms with van der Waals surface area (Å²) in [7, 11) is 0. The van der Waals surface area contributed by atoms with E-state index >= 15 is 0 Å². The van der Waals surface area contributed by atoms with Crippen LogP contribution in [0.3, 0.4) is 0 Å². The molecule has 3 heterocycles. The third kappa shape index (κ3) is 2.89. The zero-order valence-corrected chi connectivity index (χ0v) is 15.6. The van der Waals surface area contributed by atoms with Gasteiger partial charge in [0.1, 0.15) is 6.07 Å². The number of nitrogens with two attached hydrogens (primary N) is 1. The Morgan fingerprint density at radius 1 is 1.28 bits per heavy atom. The van der Waals surface area contributed by atoms with Crippen LogP contribution >= 0.6 is 0 Å². The molecular formula is C22H19N5O2. The highest BCUT2D eigenvalue weighted by Gasteiger charge is 2.36. The number of hydrogen-bond acceptors (Lipinski definition) is 5. The molecule has 1 fully saturated rings. The van der Waals surface area contributed by atoms with Crippen LogP contribution in [0.15, 0.2) is 30.7 Å². The van der Waals surface area contributed by atoms with Gasteiger partial charge in [0.25, 0.3) is 0 Å². The summed E-state index contributed by atoms with van der Waals surface area (Å²) in [5, 5.41) is 19.0. The van der Waals surface area contributed by atoms with E-state index in [-0.39, 0.29) is 6.04 Å². The Morgan fingerprint density at radius 3 is 2.83 bits per heavy atom. The van der Waals surface area contributed by atoms with Crippen LogP contribution in [0.25, 0.3) is 22.5 Å². The van der Waals surface area contributed by atoms with E-state index in [2.05, 4.69) is 21.0 Å². The highest BCUT2D eigenvalue weighted by molar-refractivity contribution is 5.95. The molecule has 5 rings (SSSR count). The lowest BCUT2D eigenvalue weighted by Crippen LogP contribution is -2.17. The van der Waals surface area contributed by atoms with Crippen molar-refractivity contribution < 1.29 is 9.90 Å². The molecule has 7 nitrogen and oxygen atoms in total. The summed E-state index contributed by atoms with van der Waals surface area (Å²) in [5.41, 5.74) is 12.9. The molecule has 0 aromatic carbocycles. The zero-order chi connectivity index (χ0) is 20.1. The predicted molar refractivity (Wildman–Crippen MR) is 106 cm³/mol. The van der Waals surface area contributed by atoms with Crippen molar-refractivity contribution in [3.05, 3.63) is 58.7 Å². The first-order valence-corrected chi connectivity index (χ1v) is 9.65. The molecule has 3 aromatic rings. The van der Waals surface area contributed by atoms with Crippen LogP contribution < -0.4 is 5.73 Å². The molecule has 1 saturated carbocycles. The smallest absolute Gasteiger partial charge is 0.337 e. The van der Waals surface area contributed by atoms with Gasteiger partial charge in [0.15, 0.2) is 0 Å². The van der Waals surface area contributed by atoms with E-state index in [0.717, 1.165) is 47.2 Å². The number of carboxylic acids is 1. The molecule has 4 N–H and O–H groups in total. The highest BCUT2D eigenvalue weighted by Crippen LogP contribution is 2.44. The molecule has 0 bridgehead atoms. The molecule has 0 radical (unpaired) electrons. The molecule has 0 aliphatic heterocycles. The first-order valence-electron chi connectivity index (χ1n) is 9.65. The Labute approximate surface area is 167 Å². The number of carboxylic acid groups (broad SMARTS) is 1. The summed E-state index contributed by atoms with van der Waals surface area (Å²) in [6, 6.07) is 5.50. The number of nitrogens with one attached hydrogen (secondary N) is 1. The third-order valence-electron chi connectivity index (χ3n) is 5.87. The van der Waals surface area contributed by atoms with E-state index in [1.165, 1.54) is 6.20 Å². The number of carbonyl (C=O) groups is 1. The lowest BCUT2D eigenvalue weighted by atomic mass is 9.88. The normalized spacial score (nSPS) is 15.9. The van der Waals surface area contributed by atoms with Gasteiger partial charge in [0.2, 0.25) is 0 Å². The first kappa shape index (κ1) is 17.6. The van der Waals surface area contributed by atoms with Gasteiger partial charge in [-0.15, -0.1) is 0 Å². The summed E-state index contributed by atoms with van der Waals surface area (Å²) >= 11 is 0. The van der Waals surface area contributed by atoms with E-state index in [1.54, 1.807) is 12.3 Å². The van der Waals surface area contributed by atoms with Crippen molar-refractivity contribution >= 4 is 5.97 Å². The van der Waals surface area contributed by atoms with Gasteiger partial charge >= 0.3 is 5.97 Å². The molecule has 0 saturated heterocycles. The Hall–Kier alpha value is -3.50. The minimum atomic E-state index is -0.933. The maximum absolute atomic E-state index is 12.0. The standard InChI is InChI=1S/C22H19N5O2/c23-7-11-5-14(9-25-8-11)17-6-16-13(10-26-17)3-4-15-18(22(28)29)21(27-20(15)16)19(24)12-1-2-12/h5-6,8-10,12,19,27H,1-4,24H2,(H,28,29). The molecule has 144 valence electrons. The average molecular weight is 385 g/mol.